The van der Waals surface area contributed by atoms with Gasteiger partial charge in [-0.3, -0.25) is 0 Å². The van der Waals surface area contributed by atoms with E-state index in [4.69, 9.17) is 4.74 Å². The summed E-state index contributed by atoms with van der Waals surface area (Å²) in [7, 11) is 1.82. The van der Waals surface area contributed by atoms with E-state index in [9.17, 15) is 4.79 Å². The summed E-state index contributed by atoms with van der Waals surface area (Å²) < 4.78 is 5.30. The van der Waals surface area contributed by atoms with Crippen molar-refractivity contribution in [3.05, 3.63) is 35.9 Å². The first-order chi connectivity index (χ1) is 9.60. The number of hydrogen-bond donors (Lipinski definition) is 1. The summed E-state index contributed by atoms with van der Waals surface area (Å²) in [6.45, 7) is 6.57. The van der Waals surface area contributed by atoms with Crippen LogP contribution in [0.15, 0.2) is 30.3 Å². The van der Waals surface area contributed by atoms with Crippen molar-refractivity contribution < 1.29 is 9.53 Å². The van der Waals surface area contributed by atoms with Crippen molar-refractivity contribution in [1.29, 1.82) is 0 Å². The third-order valence-corrected chi connectivity index (χ3v) is 4.98. The van der Waals surface area contributed by atoms with Crippen molar-refractivity contribution >= 4 is 17.7 Å². The zero-order valence-corrected chi connectivity index (χ0v) is 13.6. The van der Waals surface area contributed by atoms with Gasteiger partial charge in [0.2, 0.25) is 0 Å². The second-order valence-corrected chi connectivity index (χ2v) is 6.20. The van der Waals surface area contributed by atoms with Crippen LogP contribution in [-0.2, 0) is 15.1 Å². The largest absolute Gasteiger partial charge is 0.464 e. The van der Waals surface area contributed by atoms with Crippen molar-refractivity contribution in [3.8, 4) is 0 Å². The van der Waals surface area contributed by atoms with E-state index < -0.39 is 5.54 Å². The number of esters is 1. The fourth-order valence-electron chi connectivity index (χ4n) is 1.94. The zero-order chi connectivity index (χ0) is 15.0. The predicted octanol–water partition coefficient (Wildman–Crippen LogP) is 3.20. The summed E-state index contributed by atoms with van der Waals surface area (Å²) in [5.74, 6) is 0.464. The number of nitrogens with one attached hydrogen (secondary N) is 1. The van der Waals surface area contributed by atoms with Gasteiger partial charge in [0.1, 0.15) is 0 Å². The SMILES string of the molecule is CCOC(=O)C(CSC(C)CC)(NC)c1ccccc1. The molecule has 0 amide bonds. The summed E-state index contributed by atoms with van der Waals surface area (Å²) in [5, 5.41) is 3.72. The molecular weight excluding hydrogens is 270 g/mol. The van der Waals surface area contributed by atoms with Crippen LogP contribution in [0.1, 0.15) is 32.8 Å². The van der Waals surface area contributed by atoms with Crippen LogP contribution in [0.4, 0.5) is 0 Å². The van der Waals surface area contributed by atoms with Crippen LogP contribution in [0.25, 0.3) is 0 Å². The van der Waals surface area contributed by atoms with Crippen LogP contribution in [0.2, 0.25) is 0 Å². The Labute approximate surface area is 126 Å². The Bertz CT molecular complexity index is 410. The Morgan fingerprint density at radius 3 is 2.50 bits per heavy atom. The molecule has 20 heavy (non-hydrogen) atoms. The highest BCUT2D eigenvalue weighted by Gasteiger charge is 2.40. The number of thioether (sulfide) groups is 1. The van der Waals surface area contributed by atoms with Gasteiger partial charge >= 0.3 is 5.97 Å². The Kier molecular flexibility index (Phi) is 7.10. The fraction of sp³-hybridized carbons (Fsp3) is 0.562. The van der Waals surface area contributed by atoms with E-state index in [1.165, 1.54) is 0 Å². The minimum Gasteiger partial charge on any atom is -0.464 e. The molecule has 0 saturated carbocycles. The summed E-state index contributed by atoms with van der Waals surface area (Å²) >= 11 is 1.79. The number of rotatable bonds is 8. The van der Waals surface area contributed by atoms with E-state index in [1.807, 2.05) is 44.3 Å². The molecule has 112 valence electrons. The third-order valence-electron chi connectivity index (χ3n) is 3.48. The molecule has 0 aliphatic carbocycles. The summed E-state index contributed by atoms with van der Waals surface area (Å²) in [6, 6.07) is 9.81. The van der Waals surface area contributed by atoms with Gasteiger partial charge in [-0.2, -0.15) is 11.8 Å². The first-order valence-electron chi connectivity index (χ1n) is 7.14. The highest BCUT2D eigenvalue weighted by Crippen LogP contribution is 2.29. The first-order valence-corrected chi connectivity index (χ1v) is 8.18. The molecule has 1 rings (SSSR count). The number of ether oxygens (including phenoxy) is 1. The predicted molar refractivity (Wildman–Crippen MR) is 86.0 cm³/mol. The van der Waals surface area contributed by atoms with Crippen LogP contribution >= 0.6 is 11.8 Å². The van der Waals surface area contributed by atoms with Crippen LogP contribution < -0.4 is 5.32 Å². The second-order valence-electron chi connectivity index (χ2n) is 4.77. The van der Waals surface area contributed by atoms with Crippen molar-refractivity contribution in [2.75, 3.05) is 19.4 Å². The first kappa shape index (κ1) is 17.1. The van der Waals surface area contributed by atoms with Gasteiger partial charge < -0.3 is 10.1 Å². The number of carbonyl (C=O) groups is 1. The molecule has 0 aliphatic heterocycles. The van der Waals surface area contributed by atoms with Crippen LogP contribution in [-0.4, -0.2) is 30.6 Å². The molecule has 2 atom stereocenters. The van der Waals surface area contributed by atoms with Gasteiger partial charge in [-0.1, -0.05) is 44.2 Å². The Balaban J connectivity index is 3.06. The van der Waals surface area contributed by atoms with E-state index in [1.54, 1.807) is 11.8 Å². The number of hydrogen-bond acceptors (Lipinski definition) is 4. The second kappa shape index (κ2) is 8.32. The minimum absolute atomic E-state index is 0.204. The maximum atomic E-state index is 12.5. The van der Waals surface area contributed by atoms with Crippen molar-refractivity contribution in [1.82, 2.24) is 5.32 Å². The summed E-state index contributed by atoms with van der Waals surface area (Å²) in [5.41, 5.74) is 0.183. The van der Waals surface area contributed by atoms with E-state index >= 15 is 0 Å². The van der Waals surface area contributed by atoms with E-state index in [-0.39, 0.29) is 5.97 Å². The lowest BCUT2D eigenvalue weighted by Gasteiger charge is -2.32. The normalized spacial score (nSPS) is 15.4. The summed E-state index contributed by atoms with van der Waals surface area (Å²) in [4.78, 5) is 12.5. The smallest absolute Gasteiger partial charge is 0.331 e. The van der Waals surface area contributed by atoms with Gasteiger partial charge in [-0.25, -0.2) is 4.79 Å². The molecule has 0 heterocycles. The highest BCUT2D eigenvalue weighted by atomic mass is 32.2. The van der Waals surface area contributed by atoms with Crippen LogP contribution in [0.3, 0.4) is 0 Å². The monoisotopic (exact) mass is 295 g/mol. The molecule has 2 unspecified atom stereocenters. The molecule has 4 heteroatoms. The molecule has 1 N–H and O–H groups in total. The van der Waals surface area contributed by atoms with Crippen LogP contribution in [0, 0.1) is 0 Å². The van der Waals surface area contributed by atoms with Crippen molar-refractivity contribution in [2.24, 2.45) is 0 Å². The molecule has 0 fully saturated rings. The zero-order valence-electron chi connectivity index (χ0n) is 12.8. The number of carbonyl (C=O) groups excluding carboxylic acids is 1. The van der Waals surface area contributed by atoms with Crippen molar-refractivity contribution in [3.63, 3.8) is 0 Å². The average molecular weight is 295 g/mol. The Morgan fingerprint density at radius 2 is 2.00 bits per heavy atom. The number of likely N-dealkylation sites (N-methyl/N-ethyl adjacent to an activating group) is 1. The van der Waals surface area contributed by atoms with Gasteiger partial charge in [0.15, 0.2) is 5.54 Å². The van der Waals surface area contributed by atoms with E-state index in [0.717, 1.165) is 12.0 Å². The molecule has 0 aliphatic rings. The van der Waals surface area contributed by atoms with Gasteiger partial charge in [0.05, 0.1) is 6.61 Å². The average Bonchev–Trinajstić information content (AvgIpc) is 2.49. The molecule has 0 radical (unpaired) electrons. The van der Waals surface area contributed by atoms with Gasteiger partial charge in [-0.15, -0.1) is 0 Å². The lowest BCUT2D eigenvalue weighted by molar-refractivity contribution is -0.150. The molecule has 0 bridgehead atoms. The maximum Gasteiger partial charge on any atom is 0.331 e. The summed E-state index contributed by atoms with van der Waals surface area (Å²) in [6.07, 6.45) is 1.09. The Morgan fingerprint density at radius 1 is 1.35 bits per heavy atom. The minimum atomic E-state index is -0.772. The Hall–Kier alpha value is -1.00. The lowest BCUT2D eigenvalue weighted by Crippen LogP contribution is -2.51. The molecule has 0 saturated heterocycles. The van der Waals surface area contributed by atoms with Gasteiger partial charge in [-0.05, 0) is 26.0 Å². The molecule has 1 aromatic carbocycles. The third kappa shape index (κ3) is 4.00. The standard InChI is InChI=1S/C16H25NO2S/c1-5-13(3)20-12-16(17-4,15(18)19-6-2)14-10-8-7-9-11-14/h7-11,13,17H,5-6,12H2,1-4H3. The molecule has 3 nitrogen and oxygen atoms in total. The topological polar surface area (TPSA) is 38.3 Å². The van der Waals surface area contributed by atoms with E-state index in [0.29, 0.717) is 17.6 Å². The highest BCUT2D eigenvalue weighted by molar-refractivity contribution is 7.99. The van der Waals surface area contributed by atoms with Gasteiger partial charge in [0.25, 0.3) is 0 Å². The van der Waals surface area contributed by atoms with Crippen molar-refractivity contribution in [2.45, 2.75) is 38.0 Å². The lowest BCUT2D eigenvalue weighted by atomic mass is 9.92. The molecular formula is C16H25NO2S. The quantitative estimate of drug-likeness (QED) is 0.748. The molecule has 1 aromatic rings. The number of benzene rings is 1. The van der Waals surface area contributed by atoms with E-state index in [2.05, 4.69) is 19.2 Å². The van der Waals surface area contributed by atoms with Gasteiger partial charge in [0, 0.05) is 11.0 Å². The maximum absolute atomic E-state index is 12.5. The fourth-order valence-corrected chi connectivity index (χ4v) is 3.14. The molecule has 0 spiro atoms. The van der Waals surface area contributed by atoms with Crippen LogP contribution in [0.5, 0.6) is 0 Å². The molecule has 0 aromatic heterocycles.